The highest BCUT2D eigenvalue weighted by Crippen LogP contribution is 2.13. The van der Waals surface area contributed by atoms with Crippen molar-refractivity contribution in [2.75, 3.05) is 32.8 Å². The normalized spacial score (nSPS) is 11.5. The largest absolute Gasteiger partial charge is 0.361 e. The Labute approximate surface area is 114 Å². The molecule has 0 aliphatic carbocycles. The molecule has 0 radical (unpaired) electrons. The summed E-state index contributed by atoms with van der Waals surface area (Å²) in [4.78, 5) is 5.37. The van der Waals surface area contributed by atoms with Crippen molar-refractivity contribution in [1.29, 1.82) is 0 Å². The Hall–Kier alpha value is -1.40. The summed E-state index contributed by atoms with van der Waals surface area (Å²) in [7, 11) is 0. The van der Waals surface area contributed by atoms with Crippen molar-refractivity contribution in [3.05, 3.63) is 36.0 Å². The molecule has 2 rings (SSSR count). The zero-order valence-corrected chi connectivity index (χ0v) is 11.2. The lowest BCUT2D eigenvalue weighted by atomic mass is 10.1. The van der Waals surface area contributed by atoms with E-state index in [9.17, 15) is 0 Å². The van der Waals surface area contributed by atoms with Crippen LogP contribution in [0.5, 0.6) is 0 Å². The highest BCUT2D eigenvalue weighted by Gasteiger charge is 2.01. The average Bonchev–Trinajstić information content (AvgIpc) is 2.89. The lowest BCUT2D eigenvalue weighted by Crippen LogP contribution is -2.39. The van der Waals surface area contributed by atoms with E-state index >= 15 is 0 Å². The van der Waals surface area contributed by atoms with Crippen molar-refractivity contribution in [3.63, 3.8) is 0 Å². The SMILES string of the molecule is NCCN(CN)CCNCc1ccc2cc[nH]c2c1. The van der Waals surface area contributed by atoms with Crippen LogP contribution in [0.4, 0.5) is 0 Å². The van der Waals surface area contributed by atoms with Crippen LogP contribution in [-0.2, 0) is 6.54 Å². The monoisotopic (exact) mass is 261 g/mol. The first-order valence-electron chi connectivity index (χ1n) is 6.72. The highest BCUT2D eigenvalue weighted by molar-refractivity contribution is 5.79. The van der Waals surface area contributed by atoms with Crippen molar-refractivity contribution < 1.29 is 0 Å². The van der Waals surface area contributed by atoms with Crippen LogP contribution in [0.2, 0.25) is 0 Å². The summed E-state index contributed by atoms with van der Waals surface area (Å²) in [5, 5.41) is 4.68. The number of nitrogens with two attached hydrogens (primary N) is 2. The Kier molecular flexibility index (Phi) is 5.35. The Morgan fingerprint density at radius 2 is 2.05 bits per heavy atom. The quantitative estimate of drug-likeness (QED) is 0.410. The van der Waals surface area contributed by atoms with Gasteiger partial charge in [0.2, 0.25) is 0 Å². The number of aromatic amines is 1. The van der Waals surface area contributed by atoms with Gasteiger partial charge in [0.25, 0.3) is 0 Å². The number of H-pyrrole nitrogens is 1. The van der Waals surface area contributed by atoms with Crippen LogP contribution in [-0.4, -0.2) is 42.7 Å². The zero-order chi connectivity index (χ0) is 13.5. The van der Waals surface area contributed by atoms with Gasteiger partial charge in [-0.1, -0.05) is 12.1 Å². The molecule has 5 heteroatoms. The van der Waals surface area contributed by atoms with E-state index in [0.29, 0.717) is 13.2 Å². The second-order valence-corrected chi connectivity index (χ2v) is 4.67. The van der Waals surface area contributed by atoms with Gasteiger partial charge in [0.1, 0.15) is 0 Å². The second-order valence-electron chi connectivity index (χ2n) is 4.67. The molecule has 0 atom stereocenters. The molecule has 5 nitrogen and oxygen atoms in total. The molecule has 104 valence electrons. The van der Waals surface area contributed by atoms with Gasteiger partial charge in [-0.05, 0) is 23.1 Å². The van der Waals surface area contributed by atoms with Crippen LogP contribution in [0.3, 0.4) is 0 Å². The molecule has 6 N–H and O–H groups in total. The van der Waals surface area contributed by atoms with E-state index in [4.69, 9.17) is 11.5 Å². The number of rotatable bonds is 8. The molecule has 1 heterocycles. The highest BCUT2D eigenvalue weighted by atomic mass is 15.2. The van der Waals surface area contributed by atoms with Gasteiger partial charge in [0.15, 0.2) is 0 Å². The molecule has 0 amide bonds. The summed E-state index contributed by atoms with van der Waals surface area (Å²) in [6.07, 6.45) is 1.97. The first kappa shape index (κ1) is 14.0. The minimum Gasteiger partial charge on any atom is -0.361 e. The number of aromatic nitrogens is 1. The fourth-order valence-electron chi connectivity index (χ4n) is 2.15. The second kappa shape index (κ2) is 7.25. The Morgan fingerprint density at radius 1 is 1.16 bits per heavy atom. The van der Waals surface area contributed by atoms with Crippen LogP contribution >= 0.6 is 0 Å². The van der Waals surface area contributed by atoms with Crippen molar-refractivity contribution in [1.82, 2.24) is 15.2 Å². The number of hydrogen-bond acceptors (Lipinski definition) is 4. The van der Waals surface area contributed by atoms with Crippen LogP contribution in [0.15, 0.2) is 30.5 Å². The van der Waals surface area contributed by atoms with Crippen molar-refractivity contribution in [2.45, 2.75) is 6.54 Å². The molecular formula is C14H23N5. The first-order valence-corrected chi connectivity index (χ1v) is 6.72. The molecule has 0 spiro atoms. The van der Waals surface area contributed by atoms with Crippen molar-refractivity contribution >= 4 is 10.9 Å². The molecule has 2 aromatic rings. The average molecular weight is 261 g/mol. The predicted octanol–water partition coefficient (Wildman–Crippen LogP) is 0.434. The zero-order valence-electron chi connectivity index (χ0n) is 11.2. The van der Waals surface area contributed by atoms with E-state index in [0.717, 1.165) is 26.2 Å². The van der Waals surface area contributed by atoms with E-state index in [1.54, 1.807) is 0 Å². The van der Waals surface area contributed by atoms with Crippen molar-refractivity contribution in [3.8, 4) is 0 Å². The third kappa shape index (κ3) is 4.04. The Balaban J connectivity index is 1.75. The molecule has 0 bridgehead atoms. The van der Waals surface area contributed by atoms with Gasteiger partial charge >= 0.3 is 0 Å². The summed E-state index contributed by atoms with van der Waals surface area (Å²) in [6.45, 7) is 4.79. The van der Waals surface area contributed by atoms with Crippen molar-refractivity contribution in [2.24, 2.45) is 11.5 Å². The van der Waals surface area contributed by atoms with Gasteiger partial charge in [-0.2, -0.15) is 0 Å². The molecule has 0 saturated carbocycles. The predicted molar refractivity (Wildman–Crippen MR) is 79.7 cm³/mol. The fraction of sp³-hybridized carbons (Fsp3) is 0.429. The third-order valence-corrected chi connectivity index (χ3v) is 3.26. The summed E-state index contributed by atoms with van der Waals surface area (Å²) in [5.74, 6) is 0. The maximum atomic E-state index is 5.64. The molecule has 0 aliphatic rings. The molecule has 0 saturated heterocycles. The smallest absolute Gasteiger partial charge is 0.0457 e. The fourth-order valence-corrected chi connectivity index (χ4v) is 2.15. The maximum absolute atomic E-state index is 5.64. The van der Waals surface area contributed by atoms with Crippen LogP contribution < -0.4 is 16.8 Å². The number of fused-ring (bicyclic) bond motifs is 1. The van der Waals surface area contributed by atoms with Gasteiger partial charge in [-0.25, -0.2) is 0 Å². The summed E-state index contributed by atoms with van der Waals surface area (Å²) in [6, 6.07) is 8.56. The van der Waals surface area contributed by atoms with Crippen LogP contribution in [0.25, 0.3) is 10.9 Å². The Morgan fingerprint density at radius 3 is 2.84 bits per heavy atom. The molecule has 19 heavy (non-hydrogen) atoms. The van der Waals surface area contributed by atoms with Crippen LogP contribution in [0, 0.1) is 0 Å². The number of benzene rings is 1. The van der Waals surface area contributed by atoms with E-state index in [1.165, 1.54) is 16.5 Å². The van der Waals surface area contributed by atoms with Crippen LogP contribution in [0.1, 0.15) is 5.56 Å². The van der Waals surface area contributed by atoms with E-state index in [1.807, 2.05) is 6.20 Å². The number of nitrogens with zero attached hydrogens (tertiary/aromatic N) is 1. The minimum absolute atomic E-state index is 0.563. The van der Waals surface area contributed by atoms with Gasteiger partial charge in [0.05, 0.1) is 0 Å². The maximum Gasteiger partial charge on any atom is 0.0457 e. The van der Waals surface area contributed by atoms with E-state index in [-0.39, 0.29) is 0 Å². The lowest BCUT2D eigenvalue weighted by molar-refractivity contribution is 0.288. The topological polar surface area (TPSA) is 83.1 Å². The van der Waals surface area contributed by atoms with E-state index in [2.05, 4.69) is 39.5 Å². The molecule has 1 aromatic heterocycles. The first-order chi connectivity index (χ1) is 9.33. The molecule has 0 aliphatic heterocycles. The summed E-state index contributed by atoms with van der Waals surface area (Å²) < 4.78 is 0. The molecule has 1 aromatic carbocycles. The van der Waals surface area contributed by atoms with Gasteiger partial charge in [-0.15, -0.1) is 0 Å². The standard InChI is InChI=1S/C14H23N5/c15-4-7-19(11-16)8-6-17-10-12-1-2-13-3-5-18-14(13)9-12/h1-3,5,9,17-18H,4,6-8,10-11,15-16H2. The van der Waals surface area contributed by atoms with Gasteiger partial charge in [-0.3, -0.25) is 4.90 Å². The summed E-state index contributed by atoms with van der Waals surface area (Å²) >= 11 is 0. The lowest BCUT2D eigenvalue weighted by Gasteiger charge is -2.19. The molecule has 0 unspecified atom stereocenters. The summed E-state index contributed by atoms with van der Waals surface area (Å²) in [5.41, 5.74) is 13.6. The third-order valence-electron chi connectivity index (χ3n) is 3.26. The Bertz CT molecular complexity index is 493. The minimum atomic E-state index is 0.563. The van der Waals surface area contributed by atoms with Gasteiger partial charge < -0.3 is 21.8 Å². The van der Waals surface area contributed by atoms with Gasteiger partial charge in [0, 0.05) is 51.1 Å². The number of hydrogen-bond donors (Lipinski definition) is 4. The molecule has 0 fully saturated rings. The number of nitrogens with one attached hydrogen (secondary N) is 2. The van der Waals surface area contributed by atoms with E-state index < -0.39 is 0 Å². The molecular weight excluding hydrogens is 238 g/mol.